The van der Waals surface area contributed by atoms with Crippen molar-refractivity contribution in [3.63, 3.8) is 0 Å². The molecule has 0 saturated heterocycles. The summed E-state index contributed by atoms with van der Waals surface area (Å²) in [5.41, 5.74) is -1.56. The van der Waals surface area contributed by atoms with Crippen LogP contribution in [0.3, 0.4) is 0 Å². The van der Waals surface area contributed by atoms with Crippen LogP contribution in [0.25, 0.3) is 0 Å². The van der Waals surface area contributed by atoms with Gasteiger partial charge in [0.2, 0.25) is 5.41 Å². The fourth-order valence-electron chi connectivity index (χ4n) is 1.58. The lowest BCUT2D eigenvalue weighted by molar-refractivity contribution is -0.177. The standard InChI is InChI=1S/C15H32O6Si2/c1-9-18-13(16)15(14(17)19-10-2,11-20-22(3,4)5)12-21-23(6,7)8/h9-12H2,1-8H3. The predicted molar refractivity (Wildman–Crippen MR) is 94.3 cm³/mol. The fraction of sp³-hybridized carbons (Fsp3) is 0.867. The van der Waals surface area contributed by atoms with Gasteiger partial charge in [-0.25, -0.2) is 0 Å². The summed E-state index contributed by atoms with van der Waals surface area (Å²) >= 11 is 0. The van der Waals surface area contributed by atoms with Crippen LogP contribution in [0.15, 0.2) is 0 Å². The third kappa shape index (κ3) is 8.09. The van der Waals surface area contributed by atoms with Crippen molar-refractivity contribution in [3.05, 3.63) is 0 Å². The molecule has 0 bridgehead atoms. The summed E-state index contributed by atoms with van der Waals surface area (Å²) in [6, 6.07) is 0. The Hall–Kier alpha value is -0.706. The predicted octanol–water partition coefficient (Wildman–Crippen LogP) is 2.80. The number of rotatable bonds is 10. The molecule has 0 aromatic heterocycles. The molecule has 0 fully saturated rings. The maximum Gasteiger partial charge on any atom is 0.328 e. The first-order chi connectivity index (χ1) is 10.4. The molecule has 0 radical (unpaired) electrons. The molecule has 6 nitrogen and oxygen atoms in total. The van der Waals surface area contributed by atoms with Gasteiger partial charge in [-0.2, -0.15) is 0 Å². The van der Waals surface area contributed by atoms with Gasteiger partial charge in [0, 0.05) is 0 Å². The van der Waals surface area contributed by atoms with Crippen LogP contribution in [0.2, 0.25) is 39.3 Å². The zero-order valence-electron chi connectivity index (χ0n) is 15.8. The summed E-state index contributed by atoms with van der Waals surface area (Å²) in [6.07, 6.45) is 0. The molecule has 0 amide bonds. The van der Waals surface area contributed by atoms with Crippen molar-refractivity contribution in [2.24, 2.45) is 5.41 Å². The summed E-state index contributed by atoms with van der Waals surface area (Å²) in [5, 5.41) is 0. The number of hydrogen-bond donors (Lipinski definition) is 0. The SMILES string of the molecule is CCOC(=O)C(CO[Si](C)(C)C)(CO[Si](C)(C)C)C(=O)OCC. The van der Waals surface area contributed by atoms with Gasteiger partial charge >= 0.3 is 11.9 Å². The second-order valence-electron chi connectivity index (χ2n) is 7.33. The van der Waals surface area contributed by atoms with E-state index in [9.17, 15) is 9.59 Å². The zero-order valence-corrected chi connectivity index (χ0v) is 17.8. The van der Waals surface area contributed by atoms with Gasteiger partial charge in [0.25, 0.3) is 0 Å². The first-order valence-electron chi connectivity index (χ1n) is 8.00. The molecule has 23 heavy (non-hydrogen) atoms. The number of esters is 2. The topological polar surface area (TPSA) is 71.1 Å². The van der Waals surface area contributed by atoms with E-state index >= 15 is 0 Å². The maximum atomic E-state index is 12.6. The van der Waals surface area contributed by atoms with Crippen LogP contribution in [-0.2, 0) is 27.9 Å². The molecule has 0 aliphatic carbocycles. The quantitative estimate of drug-likeness (QED) is 0.337. The first kappa shape index (κ1) is 22.3. The van der Waals surface area contributed by atoms with Gasteiger partial charge in [0.1, 0.15) is 0 Å². The van der Waals surface area contributed by atoms with Crippen LogP contribution < -0.4 is 0 Å². The van der Waals surface area contributed by atoms with Gasteiger partial charge < -0.3 is 18.3 Å². The van der Waals surface area contributed by atoms with Crippen LogP contribution >= 0.6 is 0 Å². The van der Waals surface area contributed by atoms with E-state index < -0.39 is 34.0 Å². The molecular formula is C15H32O6Si2. The Morgan fingerprint density at radius 2 is 1.04 bits per heavy atom. The number of hydrogen-bond acceptors (Lipinski definition) is 6. The third-order valence-electron chi connectivity index (χ3n) is 2.84. The molecular weight excluding hydrogens is 332 g/mol. The first-order valence-corrected chi connectivity index (χ1v) is 14.8. The van der Waals surface area contributed by atoms with Gasteiger partial charge in [0.05, 0.1) is 26.4 Å². The highest BCUT2D eigenvalue weighted by molar-refractivity contribution is 6.70. The largest absolute Gasteiger partial charge is 0.465 e. The molecule has 8 heteroatoms. The van der Waals surface area contributed by atoms with Gasteiger partial charge in [0.15, 0.2) is 16.6 Å². The van der Waals surface area contributed by atoms with Crippen LogP contribution in [0.5, 0.6) is 0 Å². The smallest absolute Gasteiger partial charge is 0.328 e. The average Bonchev–Trinajstić information content (AvgIpc) is 2.37. The van der Waals surface area contributed by atoms with Gasteiger partial charge in [-0.1, -0.05) is 0 Å². The summed E-state index contributed by atoms with van der Waals surface area (Å²) in [6.45, 7) is 15.6. The molecule has 0 aromatic rings. The Morgan fingerprint density at radius 1 is 0.739 bits per heavy atom. The molecule has 0 atom stereocenters. The minimum absolute atomic E-state index is 0.0785. The zero-order chi connectivity index (χ0) is 18.3. The summed E-state index contributed by atoms with van der Waals surface area (Å²) in [4.78, 5) is 25.1. The number of carbonyl (C=O) groups excluding carboxylic acids is 2. The number of ether oxygens (including phenoxy) is 2. The minimum atomic E-state index is -1.94. The molecule has 0 spiro atoms. The molecule has 0 aromatic carbocycles. The molecule has 0 aliphatic heterocycles. The van der Waals surface area contributed by atoms with E-state index in [0.717, 1.165) is 0 Å². The van der Waals surface area contributed by atoms with Crippen LogP contribution in [0.1, 0.15) is 13.8 Å². The van der Waals surface area contributed by atoms with Crippen molar-refractivity contribution in [2.75, 3.05) is 26.4 Å². The van der Waals surface area contributed by atoms with Gasteiger partial charge in [-0.05, 0) is 53.1 Å². The molecule has 136 valence electrons. The van der Waals surface area contributed by atoms with Crippen molar-refractivity contribution >= 4 is 28.6 Å². The van der Waals surface area contributed by atoms with E-state index in [-0.39, 0.29) is 26.4 Å². The highest BCUT2D eigenvalue weighted by atomic mass is 28.4. The van der Waals surface area contributed by atoms with E-state index in [0.29, 0.717) is 0 Å². The lowest BCUT2D eigenvalue weighted by Crippen LogP contribution is -2.52. The monoisotopic (exact) mass is 364 g/mol. The van der Waals surface area contributed by atoms with E-state index in [1.54, 1.807) is 13.8 Å². The lowest BCUT2D eigenvalue weighted by Gasteiger charge is -2.33. The minimum Gasteiger partial charge on any atom is -0.465 e. The van der Waals surface area contributed by atoms with Crippen LogP contribution in [0, 0.1) is 5.41 Å². The molecule has 0 N–H and O–H groups in total. The maximum absolute atomic E-state index is 12.6. The Balaban J connectivity index is 5.59. The fourth-order valence-corrected chi connectivity index (χ4v) is 2.94. The Morgan fingerprint density at radius 3 is 1.26 bits per heavy atom. The Kier molecular flexibility index (Phi) is 8.68. The van der Waals surface area contributed by atoms with E-state index in [2.05, 4.69) is 0 Å². The van der Waals surface area contributed by atoms with Crippen LogP contribution in [-0.4, -0.2) is 55.0 Å². The highest BCUT2D eigenvalue weighted by Crippen LogP contribution is 2.27. The van der Waals surface area contributed by atoms with Crippen molar-refractivity contribution in [2.45, 2.75) is 53.1 Å². The normalized spacial score (nSPS) is 12.9. The second kappa shape index (κ2) is 8.95. The van der Waals surface area contributed by atoms with Crippen molar-refractivity contribution in [1.29, 1.82) is 0 Å². The third-order valence-corrected chi connectivity index (χ3v) is 4.86. The molecule has 0 rings (SSSR count). The summed E-state index contributed by atoms with van der Waals surface area (Å²) in [7, 11) is -3.88. The van der Waals surface area contributed by atoms with Crippen molar-refractivity contribution < 1.29 is 27.9 Å². The number of carbonyl (C=O) groups is 2. The lowest BCUT2D eigenvalue weighted by atomic mass is 9.90. The second-order valence-corrected chi connectivity index (χ2v) is 16.4. The van der Waals surface area contributed by atoms with Gasteiger partial charge in [-0.3, -0.25) is 9.59 Å². The highest BCUT2D eigenvalue weighted by Gasteiger charge is 2.51. The van der Waals surface area contributed by atoms with Gasteiger partial charge in [-0.15, -0.1) is 0 Å². The van der Waals surface area contributed by atoms with E-state index in [1.807, 2.05) is 39.3 Å². The summed E-state index contributed by atoms with van der Waals surface area (Å²) in [5.74, 6) is -1.29. The van der Waals surface area contributed by atoms with Crippen molar-refractivity contribution in [3.8, 4) is 0 Å². The van der Waals surface area contributed by atoms with Crippen molar-refractivity contribution in [1.82, 2.24) is 0 Å². The molecule has 0 aliphatic rings. The Labute approximate surface area is 142 Å². The van der Waals surface area contributed by atoms with E-state index in [4.69, 9.17) is 18.3 Å². The Bertz CT molecular complexity index is 360. The molecule has 0 saturated carbocycles. The van der Waals surface area contributed by atoms with Crippen LogP contribution in [0.4, 0.5) is 0 Å². The average molecular weight is 365 g/mol. The van der Waals surface area contributed by atoms with E-state index in [1.165, 1.54) is 0 Å². The summed E-state index contributed by atoms with van der Waals surface area (Å²) < 4.78 is 22.0. The molecule has 0 heterocycles. The molecule has 0 unspecified atom stereocenters.